The molecule has 0 spiro atoms. The van der Waals surface area contributed by atoms with Gasteiger partial charge in [-0.25, -0.2) is 0 Å². The highest BCUT2D eigenvalue weighted by Crippen LogP contribution is 2.28. The minimum Gasteiger partial charge on any atom is -0.314 e. The molecule has 1 saturated carbocycles. The van der Waals surface area contributed by atoms with Crippen LogP contribution in [-0.4, -0.2) is 37.1 Å². The third-order valence-electron chi connectivity index (χ3n) is 5.06. The normalized spacial score (nSPS) is 26.7. The van der Waals surface area contributed by atoms with E-state index in [1.165, 1.54) is 90.4 Å². The summed E-state index contributed by atoms with van der Waals surface area (Å²) in [5.41, 5.74) is 0. The molecular formula is C17H34N2. The molecule has 2 rings (SSSR count). The van der Waals surface area contributed by atoms with Crippen LogP contribution in [0.4, 0.5) is 0 Å². The maximum absolute atomic E-state index is 3.82. The Morgan fingerprint density at radius 2 is 1.84 bits per heavy atom. The Labute approximate surface area is 120 Å². The summed E-state index contributed by atoms with van der Waals surface area (Å²) >= 11 is 0. The highest BCUT2D eigenvalue weighted by atomic mass is 15.1. The molecule has 1 aliphatic heterocycles. The Balaban J connectivity index is 1.53. The lowest BCUT2D eigenvalue weighted by atomic mass is 10.0. The molecule has 1 heterocycles. The SMILES string of the molecule is CCCN1CCCC(NCCCC2CCCC2)CC1. The molecule has 1 atom stereocenters. The third-order valence-corrected chi connectivity index (χ3v) is 5.06. The number of nitrogens with zero attached hydrogens (tertiary/aromatic N) is 1. The molecular weight excluding hydrogens is 232 g/mol. The van der Waals surface area contributed by atoms with Crippen LogP contribution in [0.25, 0.3) is 0 Å². The Kier molecular flexibility index (Phi) is 7.23. The summed E-state index contributed by atoms with van der Waals surface area (Å²) in [5, 5.41) is 3.82. The largest absolute Gasteiger partial charge is 0.314 e. The van der Waals surface area contributed by atoms with Gasteiger partial charge in [0.2, 0.25) is 0 Å². The first-order valence-corrected chi connectivity index (χ1v) is 8.84. The van der Waals surface area contributed by atoms with Crippen LogP contribution in [-0.2, 0) is 0 Å². The first-order valence-electron chi connectivity index (χ1n) is 8.84. The van der Waals surface area contributed by atoms with Gasteiger partial charge >= 0.3 is 0 Å². The Morgan fingerprint density at radius 3 is 2.63 bits per heavy atom. The molecule has 0 amide bonds. The first-order chi connectivity index (χ1) is 9.38. The highest BCUT2D eigenvalue weighted by Gasteiger charge is 2.17. The fraction of sp³-hybridized carbons (Fsp3) is 1.00. The van der Waals surface area contributed by atoms with Crippen LogP contribution in [0, 0.1) is 5.92 Å². The van der Waals surface area contributed by atoms with E-state index in [1.807, 2.05) is 0 Å². The molecule has 1 aliphatic carbocycles. The topological polar surface area (TPSA) is 15.3 Å². The second-order valence-electron chi connectivity index (χ2n) is 6.72. The fourth-order valence-corrected chi connectivity index (χ4v) is 3.90. The van der Waals surface area contributed by atoms with Crippen LogP contribution in [0.1, 0.15) is 71.1 Å². The monoisotopic (exact) mass is 266 g/mol. The second-order valence-corrected chi connectivity index (χ2v) is 6.72. The molecule has 2 nitrogen and oxygen atoms in total. The van der Waals surface area contributed by atoms with Crippen molar-refractivity contribution in [3.05, 3.63) is 0 Å². The van der Waals surface area contributed by atoms with Crippen LogP contribution >= 0.6 is 0 Å². The molecule has 112 valence electrons. The van der Waals surface area contributed by atoms with E-state index in [0.717, 1.165) is 12.0 Å². The molecule has 0 aromatic rings. The molecule has 19 heavy (non-hydrogen) atoms. The van der Waals surface area contributed by atoms with Gasteiger partial charge in [-0.2, -0.15) is 0 Å². The van der Waals surface area contributed by atoms with Crippen LogP contribution in [0.5, 0.6) is 0 Å². The molecule has 1 saturated heterocycles. The van der Waals surface area contributed by atoms with Gasteiger partial charge < -0.3 is 10.2 Å². The van der Waals surface area contributed by atoms with Gasteiger partial charge in [0.05, 0.1) is 0 Å². The van der Waals surface area contributed by atoms with E-state index < -0.39 is 0 Å². The van der Waals surface area contributed by atoms with Gasteiger partial charge in [0, 0.05) is 6.04 Å². The van der Waals surface area contributed by atoms with E-state index in [1.54, 1.807) is 0 Å². The van der Waals surface area contributed by atoms with Crippen molar-refractivity contribution in [2.75, 3.05) is 26.2 Å². The maximum Gasteiger partial charge on any atom is 0.00797 e. The molecule has 2 aliphatic rings. The van der Waals surface area contributed by atoms with Crippen molar-refractivity contribution in [3.8, 4) is 0 Å². The molecule has 0 aromatic carbocycles. The summed E-state index contributed by atoms with van der Waals surface area (Å²) in [7, 11) is 0. The van der Waals surface area contributed by atoms with E-state index >= 15 is 0 Å². The van der Waals surface area contributed by atoms with E-state index in [9.17, 15) is 0 Å². The van der Waals surface area contributed by atoms with Crippen molar-refractivity contribution in [2.24, 2.45) is 5.92 Å². The van der Waals surface area contributed by atoms with Crippen molar-refractivity contribution < 1.29 is 0 Å². The fourth-order valence-electron chi connectivity index (χ4n) is 3.90. The Morgan fingerprint density at radius 1 is 1.00 bits per heavy atom. The smallest absolute Gasteiger partial charge is 0.00797 e. The highest BCUT2D eigenvalue weighted by molar-refractivity contribution is 4.75. The average Bonchev–Trinajstić information content (AvgIpc) is 2.83. The molecule has 0 aromatic heterocycles. The Bertz CT molecular complexity index is 223. The van der Waals surface area contributed by atoms with Gasteiger partial charge in [-0.3, -0.25) is 0 Å². The molecule has 2 heteroatoms. The van der Waals surface area contributed by atoms with Crippen LogP contribution in [0.3, 0.4) is 0 Å². The molecule has 2 fully saturated rings. The van der Waals surface area contributed by atoms with Crippen molar-refractivity contribution >= 4 is 0 Å². The number of hydrogen-bond acceptors (Lipinski definition) is 2. The lowest BCUT2D eigenvalue weighted by Gasteiger charge is -2.19. The first kappa shape index (κ1) is 15.3. The van der Waals surface area contributed by atoms with Crippen molar-refractivity contribution in [1.82, 2.24) is 10.2 Å². The summed E-state index contributed by atoms with van der Waals surface area (Å²) in [6, 6.07) is 0.797. The standard InChI is InChI=1S/C17H34N2/c1-2-13-19-14-6-10-17(11-15-19)18-12-5-9-16-7-3-4-8-16/h16-18H,2-15H2,1H3. The van der Waals surface area contributed by atoms with Crippen LogP contribution in [0.2, 0.25) is 0 Å². The minimum absolute atomic E-state index is 0.797. The van der Waals surface area contributed by atoms with E-state index in [-0.39, 0.29) is 0 Å². The minimum atomic E-state index is 0.797. The zero-order valence-corrected chi connectivity index (χ0v) is 13.0. The predicted octanol–water partition coefficient (Wildman–Crippen LogP) is 3.81. The lowest BCUT2D eigenvalue weighted by Crippen LogP contribution is -2.32. The number of hydrogen-bond donors (Lipinski definition) is 1. The van der Waals surface area contributed by atoms with Crippen LogP contribution in [0.15, 0.2) is 0 Å². The predicted molar refractivity (Wildman–Crippen MR) is 83.6 cm³/mol. The second kappa shape index (κ2) is 8.97. The number of likely N-dealkylation sites (tertiary alicyclic amines) is 1. The zero-order chi connectivity index (χ0) is 13.3. The van der Waals surface area contributed by atoms with E-state index in [4.69, 9.17) is 0 Å². The summed E-state index contributed by atoms with van der Waals surface area (Å²) in [6.07, 6.45) is 14.3. The third kappa shape index (κ3) is 5.83. The van der Waals surface area contributed by atoms with Gasteiger partial charge in [-0.15, -0.1) is 0 Å². The lowest BCUT2D eigenvalue weighted by molar-refractivity contribution is 0.282. The quantitative estimate of drug-likeness (QED) is 0.705. The summed E-state index contributed by atoms with van der Waals surface area (Å²) in [5.74, 6) is 1.07. The molecule has 0 bridgehead atoms. The van der Waals surface area contributed by atoms with Gasteiger partial charge in [0.1, 0.15) is 0 Å². The van der Waals surface area contributed by atoms with Gasteiger partial charge in [0.25, 0.3) is 0 Å². The van der Waals surface area contributed by atoms with Crippen molar-refractivity contribution in [2.45, 2.75) is 77.2 Å². The molecule has 0 radical (unpaired) electrons. The summed E-state index contributed by atoms with van der Waals surface area (Å²) in [4.78, 5) is 2.65. The Hall–Kier alpha value is -0.0800. The number of rotatable bonds is 7. The number of nitrogens with one attached hydrogen (secondary N) is 1. The van der Waals surface area contributed by atoms with Gasteiger partial charge in [-0.1, -0.05) is 32.6 Å². The maximum atomic E-state index is 3.82. The summed E-state index contributed by atoms with van der Waals surface area (Å²) in [6.45, 7) is 7.50. The van der Waals surface area contributed by atoms with Gasteiger partial charge in [0.15, 0.2) is 0 Å². The van der Waals surface area contributed by atoms with Crippen molar-refractivity contribution in [3.63, 3.8) is 0 Å². The van der Waals surface area contributed by atoms with Crippen molar-refractivity contribution in [1.29, 1.82) is 0 Å². The molecule has 1 N–H and O–H groups in total. The van der Waals surface area contributed by atoms with E-state index in [0.29, 0.717) is 0 Å². The van der Waals surface area contributed by atoms with Gasteiger partial charge in [-0.05, 0) is 70.6 Å². The molecule has 1 unspecified atom stereocenters. The average molecular weight is 266 g/mol. The zero-order valence-electron chi connectivity index (χ0n) is 13.0. The van der Waals surface area contributed by atoms with E-state index in [2.05, 4.69) is 17.1 Å². The van der Waals surface area contributed by atoms with Crippen LogP contribution < -0.4 is 5.32 Å². The summed E-state index contributed by atoms with van der Waals surface area (Å²) < 4.78 is 0.